The van der Waals surface area contributed by atoms with E-state index in [4.69, 9.17) is 9.47 Å². The molecule has 0 aliphatic heterocycles. The van der Waals surface area contributed by atoms with Crippen LogP contribution in [0.1, 0.15) is 10.4 Å². The zero-order chi connectivity index (χ0) is 20.0. The summed E-state index contributed by atoms with van der Waals surface area (Å²) in [5, 5.41) is 13.3. The van der Waals surface area contributed by atoms with Crippen molar-refractivity contribution in [1.29, 1.82) is 0 Å². The van der Waals surface area contributed by atoms with E-state index in [0.717, 1.165) is 5.69 Å². The second-order valence-electron chi connectivity index (χ2n) is 5.71. The zero-order valence-electron chi connectivity index (χ0n) is 15.1. The number of benzene rings is 2. The first kappa shape index (κ1) is 19.7. The Morgan fingerprint density at radius 3 is 2.56 bits per heavy atom. The zero-order valence-corrected chi connectivity index (χ0v) is 15.1. The predicted molar refractivity (Wildman–Crippen MR) is 99.3 cm³/mol. The van der Waals surface area contributed by atoms with Crippen LogP contribution in [0.3, 0.4) is 0 Å². The highest BCUT2D eigenvalue weighted by Gasteiger charge is 2.15. The Balaban J connectivity index is 2.02. The number of amides is 1. The molecule has 0 unspecified atom stereocenters. The van der Waals surface area contributed by atoms with Crippen molar-refractivity contribution in [3.05, 3.63) is 58.1 Å². The number of methoxy groups -OCH3 is 1. The predicted octanol–water partition coefficient (Wildman–Crippen LogP) is 2.46. The van der Waals surface area contributed by atoms with E-state index in [9.17, 15) is 19.7 Å². The van der Waals surface area contributed by atoms with Gasteiger partial charge in [-0.2, -0.15) is 0 Å². The fraction of sp³-hybridized carbons (Fsp3) is 0.222. The Morgan fingerprint density at radius 2 is 1.93 bits per heavy atom. The molecule has 0 atom stereocenters. The van der Waals surface area contributed by atoms with Crippen LogP contribution in [0.5, 0.6) is 5.75 Å². The fourth-order valence-electron chi connectivity index (χ4n) is 2.22. The number of hydrogen-bond donors (Lipinski definition) is 1. The van der Waals surface area contributed by atoms with Crippen LogP contribution >= 0.6 is 0 Å². The van der Waals surface area contributed by atoms with Crippen molar-refractivity contribution in [3.63, 3.8) is 0 Å². The first-order chi connectivity index (χ1) is 12.8. The third kappa shape index (κ3) is 5.18. The number of nitro groups is 1. The van der Waals surface area contributed by atoms with Crippen molar-refractivity contribution < 1.29 is 24.0 Å². The van der Waals surface area contributed by atoms with E-state index in [0.29, 0.717) is 5.56 Å². The molecule has 9 heteroatoms. The third-order valence-electron chi connectivity index (χ3n) is 3.60. The van der Waals surface area contributed by atoms with Crippen molar-refractivity contribution in [3.8, 4) is 5.75 Å². The number of esters is 1. The molecule has 9 nitrogen and oxygen atoms in total. The van der Waals surface area contributed by atoms with Gasteiger partial charge in [-0.15, -0.1) is 0 Å². The smallest absolute Gasteiger partial charge is 0.338 e. The summed E-state index contributed by atoms with van der Waals surface area (Å²) in [5.41, 5.74) is 1.03. The molecule has 0 fully saturated rings. The summed E-state index contributed by atoms with van der Waals surface area (Å²) in [6.07, 6.45) is 0. The molecule has 1 amide bonds. The molecule has 0 aromatic heterocycles. The number of anilines is 2. The molecular formula is C18H19N3O6. The van der Waals surface area contributed by atoms with Gasteiger partial charge in [0.05, 0.1) is 23.3 Å². The first-order valence-corrected chi connectivity index (χ1v) is 7.88. The summed E-state index contributed by atoms with van der Waals surface area (Å²) < 4.78 is 10.1. The topological polar surface area (TPSA) is 111 Å². The molecule has 0 aliphatic carbocycles. The number of hydrogen-bond acceptors (Lipinski definition) is 7. The van der Waals surface area contributed by atoms with Crippen LogP contribution in [-0.4, -0.2) is 44.6 Å². The normalized spacial score (nSPS) is 10.0. The Labute approximate surface area is 155 Å². The minimum atomic E-state index is -0.653. The molecule has 0 saturated carbocycles. The van der Waals surface area contributed by atoms with E-state index in [2.05, 4.69) is 5.32 Å². The molecule has 2 aromatic rings. The molecule has 2 aromatic carbocycles. The van der Waals surface area contributed by atoms with Gasteiger partial charge in [-0.1, -0.05) is 6.07 Å². The standard InChI is InChI=1S/C18H19N3O6/c1-20(2)13-6-4-5-12(9-13)18(23)27-11-17(22)19-15-10-14(21(24)25)7-8-16(15)26-3/h4-10H,11H2,1-3H3,(H,19,22). The van der Waals surface area contributed by atoms with Crippen LogP contribution in [-0.2, 0) is 9.53 Å². The van der Waals surface area contributed by atoms with Gasteiger partial charge < -0.3 is 19.7 Å². The Kier molecular flexibility index (Phi) is 6.32. The van der Waals surface area contributed by atoms with Crippen LogP contribution < -0.4 is 15.0 Å². The van der Waals surface area contributed by atoms with E-state index in [1.54, 1.807) is 18.2 Å². The summed E-state index contributed by atoms with van der Waals surface area (Å²) in [4.78, 5) is 36.3. The average molecular weight is 373 g/mol. The van der Waals surface area contributed by atoms with Gasteiger partial charge in [0, 0.05) is 31.9 Å². The number of nitrogens with zero attached hydrogens (tertiary/aromatic N) is 2. The summed E-state index contributed by atoms with van der Waals surface area (Å²) in [7, 11) is 5.04. The fourth-order valence-corrected chi connectivity index (χ4v) is 2.22. The summed E-state index contributed by atoms with van der Waals surface area (Å²) >= 11 is 0. The molecular weight excluding hydrogens is 354 g/mol. The van der Waals surface area contributed by atoms with Crippen LogP contribution in [0, 0.1) is 10.1 Å². The molecule has 0 radical (unpaired) electrons. The summed E-state index contributed by atoms with van der Waals surface area (Å²) in [5.74, 6) is -1.05. The minimum absolute atomic E-state index is 0.113. The van der Waals surface area contributed by atoms with Crippen LogP contribution in [0.4, 0.5) is 17.1 Å². The molecule has 0 aliphatic rings. The molecule has 27 heavy (non-hydrogen) atoms. The van der Waals surface area contributed by atoms with E-state index in [1.807, 2.05) is 25.1 Å². The lowest BCUT2D eigenvalue weighted by Crippen LogP contribution is -2.21. The van der Waals surface area contributed by atoms with Crippen molar-refractivity contribution >= 4 is 28.9 Å². The summed E-state index contributed by atoms with van der Waals surface area (Å²) in [6.45, 7) is -0.545. The van der Waals surface area contributed by atoms with Crippen molar-refractivity contribution in [1.82, 2.24) is 0 Å². The van der Waals surface area contributed by atoms with Gasteiger partial charge in [0.2, 0.25) is 0 Å². The molecule has 0 saturated heterocycles. The highest BCUT2D eigenvalue weighted by molar-refractivity contribution is 5.96. The van der Waals surface area contributed by atoms with Crippen LogP contribution in [0.2, 0.25) is 0 Å². The van der Waals surface area contributed by atoms with Gasteiger partial charge >= 0.3 is 5.97 Å². The lowest BCUT2D eigenvalue weighted by molar-refractivity contribution is -0.384. The van der Waals surface area contributed by atoms with Crippen molar-refractivity contribution in [2.45, 2.75) is 0 Å². The van der Waals surface area contributed by atoms with Gasteiger partial charge in [-0.25, -0.2) is 4.79 Å². The Bertz CT molecular complexity index is 866. The van der Waals surface area contributed by atoms with Gasteiger partial charge in [0.15, 0.2) is 6.61 Å². The van der Waals surface area contributed by atoms with E-state index in [1.165, 1.54) is 25.3 Å². The molecule has 142 valence electrons. The van der Waals surface area contributed by atoms with Crippen molar-refractivity contribution in [2.75, 3.05) is 38.0 Å². The van der Waals surface area contributed by atoms with Gasteiger partial charge in [-0.3, -0.25) is 14.9 Å². The maximum atomic E-state index is 12.1. The SMILES string of the molecule is COc1ccc([N+](=O)[O-])cc1NC(=O)COC(=O)c1cccc(N(C)C)c1. The lowest BCUT2D eigenvalue weighted by atomic mass is 10.2. The lowest BCUT2D eigenvalue weighted by Gasteiger charge is -2.13. The number of rotatable bonds is 7. The van der Waals surface area contributed by atoms with E-state index < -0.39 is 23.4 Å². The molecule has 2 rings (SSSR count). The molecule has 1 N–H and O–H groups in total. The monoisotopic (exact) mass is 373 g/mol. The van der Waals surface area contributed by atoms with E-state index in [-0.39, 0.29) is 17.1 Å². The maximum absolute atomic E-state index is 12.1. The number of non-ortho nitro benzene ring substituents is 1. The second-order valence-corrected chi connectivity index (χ2v) is 5.71. The van der Waals surface area contributed by atoms with E-state index >= 15 is 0 Å². The van der Waals surface area contributed by atoms with Crippen LogP contribution in [0.25, 0.3) is 0 Å². The number of carbonyl (C=O) groups excluding carboxylic acids is 2. The van der Waals surface area contributed by atoms with Crippen molar-refractivity contribution in [2.24, 2.45) is 0 Å². The Hall–Kier alpha value is -3.62. The third-order valence-corrected chi connectivity index (χ3v) is 3.60. The van der Waals surface area contributed by atoms with Crippen LogP contribution in [0.15, 0.2) is 42.5 Å². The number of nitro benzene ring substituents is 1. The van der Waals surface area contributed by atoms with Gasteiger partial charge in [-0.05, 0) is 24.3 Å². The molecule has 0 spiro atoms. The number of ether oxygens (including phenoxy) is 2. The number of nitrogens with one attached hydrogen (secondary N) is 1. The number of carbonyl (C=O) groups is 2. The highest BCUT2D eigenvalue weighted by atomic mass is 16.6. The maximum Gasteiger partial charge on any atom is 0.338 e. The second kappa shape index (κ2) is 8.65. The quantitative estimate of drug-likeness (QED) is 0.451. The Morgan fingerprint density at radius 1 is 1.19 bits per heavy atom. The van der Waals surface area contributed by atoms with Gasteiger partial charge in [0.25, 0.3) is 11.6 Å². The summed E-state index contributed by atoms with van der Waals surface area (Å²) in [6, 6.07) is 10.6. The molecule has 0 heterocycles. The highest BCUT2D eigenvalue weighted by Crippen LogP contribution is 2.28. The average Bonchev–Trinajstić information content (AvgIpc) is 2.66. The minimum Gasteiger partial charge on any atom is -0.495 e. The first-order valence-electron chi connectivity index (χ1n) is 7.88. The largest absolute Gasteiger partial charge is 0.495 e. The van der Waals surface area contributed by atoms with Gasteiger partial charge in [0.1, 0.15) is 5.75 Å². The molecule has 0 bridgehead atoms.